The minimum Gasteiger partial charge on any atom is -0.271 e. The SMILES string of the molecule is CCCc1ccc(C(NN)c2cccc(Cl)c2)cc1. The standard InChI is InChI=1S/C16H19ClN2/c1-2-4-12-7-9-13(10-8-12)16(19-18)14-5-3-6-15(17)11-14/h3,5-11,16,19H,2,4,18H2,1H3. The number of rotatable bonds is 5. The Balaban J connectivity index is 2.26. The molecule has 2 aromatic rings. The van der Waals surface area contributed by atoms with Crippen molar-refractivity contribution in [1.29, 1.82) is 0 Å². The van der Waals surface area contributed by atoms with Crippen molar-refractivity contribution in [2.75, 3.05) is 0 Å². The molecule has 0 aliphatic heterocycles. The summed E-state index contributed by atoms with van der Waals surface area (Å²) < 4.78 is 0. The third-order valence-electron chi connectivity index (χ3n) is 3.20. The first-order valence-electron chi connectivity index (χ1n) is 6.55. The minimum atomic E-state index is -0.0330. The zero-order chi connectivity index (χ0) is 13.7. The van der Waals surface area contributed by atoms with Crippen LogP contribution < -0.4 is 11.3 Å². The molecule has 0 aromatic heterocycles. The molecule has 0 aliphatic carbocycles. The van der Waals surface area contributed by atoms with Crippen LogP contribution in [0.15, 0.2) is 48.5 Å². The fourth-order valence-corrected chi connectivity index (χ4v) is 2.44. The molecule has 19 heavy (non-hydrogen) atoms. The lowest BCUT2D eigenvalue weighted by atomic mass is 9.97. The molecule has 0 saturated heterocycles. The van der Waals surface area contributed by atoms with Gasteiger partial charge in [0.1, 0.15) is 0 Å². The second-order valence-electron chi connectivity index (χ2n) is 4.65. The van der Waals surface area contributed by atoms with Gasteiger partial charge in [-0.25, -0.2) is 5.43 Å². The van der Waals surface area contributed by atoms with Gasteiger partial charge < -0.3 is 0 Å². The maximum atomic E-state index is 6.03. The number of hydrazine groups is 1. The van der Waals surface area contributed by atoms with E-state index < -0.39 is 0 Å². The molecule has 0 fully saturated rings. The first-order chi connectivity index (χ1) is 9.24. The van der Waals surface area contributed by atoms with Crippen LogP contribution in [0.2, 0.25) is 5.02 Å². The monoisotopic (exact) mass is 274 g/mol. The van der Waals surface area contributed by atoms with E-state index in [4.69, 9.17) is 17.4 Å². The van der Waals surface area contributed by atoms with E-state index in [2.05, 4.69) is 36.6 Å². The van der Waals surface area contributed by atoms with Gasteiger partial charge in [0.05, 0.1) is 6.04 Å². The molecule has 1 atom stereocenters. The number of aryl methyl sites for hydroxylation is 1. The third-order valence-corrected chi connectivity index (χ3v) is 3.44. The Hall–Kier alpha value is -1.35. The molecular formula is C16H19ClN2. The highest BCUT2D eigenvalue weighted by molar-refractivity contribution is 6.30. The van der Waals surface area contributed by atoms with Crippen molar-refractivity contribution < 1.29 is 0 Å². The van der Waals surface area contributed by atoms with Crippen LogP contribution in [-0.4, -0.2) is 0 Å². The van der Waals surface area contributed by atoms with Crippen LogP contribution in [0.25, 0.3) is 0 Å². The second-order valence-corrected chi connectivity index (χ2v) is 5.08. The average molecular weight is 275 g/mol. The molecule has 0 spiro atoms. The summed E-state index contributed by atoms with van der Waals surface area (Å²) in [6, 6.07) is 16.3. The highest BCUT2D eigenvalue weighted by atomic mass is 35.5. The summed E-state index contributed by atoms with van der Waals surface area (Å²) in [6.45, 7) is 2.18. The van der Waals surface area contributed by atoms with Gasteiger partial charge >= 0.3 is 0 Å². The van der Waals surface area contributed by atoms with E-state index in [9.17, 15) is 0 Å². The van der Waals surface area contributed by atoms with Crippen LogP contribution >= 0.6 is 11.6 Å². The molecule has 2 aromatic carbocycles. The lowest BCUT2D eigenvalue weighted by Crippen LogP contribution is -2.28. The van der Waals surface area contributed by atoms with Crippen molar-refractivity contribution in [3.8, 4) is 0 Å². The van der Waals surface area contributed by atoms with Crippen molar-refractivity contribution in [2.24, 2.45) is 5.84 Å². The maximum absolute atomic E-state index is 6.03. The Morgan fingerprint density at radius 1 is 1.11 bits per heavy atom. The van der Waals surface area contributed by atoms with Gasteiger partial charge in [-0.3, -0.25) is 5.84 Å². The third kappa shape index (κ3) is 3.57. The molecular weight excluding hydrogens is 256 g/mol. The molecule has 3 heteroatoms. The summed E-state index contributed by atoms with van der Waals surface area (Å²) in [6.07, 6.45) is 2.27. The fourth-order valence-electron chi connectivity index (χ4n) is 2.24. The van der Waals surface area contributed by atoms with Crippen molar-refractivity contribution >= 4 is 11.6 Å². The van der Waals surface area contributed by atoms with Crippen LogP contribution in [0, 0.1) is 0 Å². The highest BCUT2D eigenvalue weighted by Crippen LogP contribution is 2.24. The van der Waals surface area contributed by atoms with Crippen LogP contribution in [0.1, 0.15) is 36.1 Å². The molecule has 0 saturated carbocycles. The fraction of sp³-hybridized carbons (Fsp3) is 0.250. The number of benzene rings is 2. The van der Waals surface area contributed by atoms with E-state index in [1.54, 1.807) is 0 Å². The smallest absolute Gasteiger partial charge is 0.0710 e. The molecule has 0 bridgehead atoms. The van der Waals surface area contributed by atoms with Gasteiger partial charge in [-0.1, -0.05) is 61.3 Å². The van der Waals surface area contributed by atoms with Gasteiger partial charge in [-0.05, 0) is 35.2 Å². The molecule has 2 rings (SSSR count). The topological polar surface area (TPSA) is 38.0 Å². The number of hydrogen-bond acceptors (Lipinski definition) is 2. The molecule has 100 valence electrons. The largest absolute Gasteiger partial charge is 0.271 e. The molecule has 2 nitrogen and oxygen atoms in total. The van der Waals surface area contributed by atoms with Crippen LogP contribution in [-0.2, 0) is 6.42 Å². The predicted octanol–water partition coefficient (Wildman–Crippen LogP) is 3.85. The van der Waals surface area contributed by atoms with E-state index in [0.717, 1.165) is 29.0 Å². The molecule has 0 radical (unpaired) electrons. The van der Waals surface area contributed by atoms with Crippen LogP contribution in [0.3, 0.4) is 0 Å². The van der Waals surface area contributed by atoms with Crippen LogP contribution in [0.5, 0.6) is 0 Å². The Morgan fingerprint density at radius 2 is 1.84 bits per heavy atom. The molecule has 0 aliphatic rings. The molecule has 0 heterocycles. The van der Waals surface area contributed by atoms with E-state index in [-0.39, 0.29) is 6.04 Å². The second kappa shape index (κ2) is 6.71. The summed E-state index contributed by atoms with van der Waals surface area (Å²) in [4.78, 5) is 0. The summed E-state index contributed by atoms with van der Waals surface area (Å²) in [5.74, 6) is 5.69. The minimum absolute atomic E-state index is 0.0330. The Morgan fingerprint density at radius 3 is 2.42 bits per heavy atom. The van der Waals surface area contributed by atoms with Gasteiger partial charge in [0.25, 0.3) is 0 Å². The summed E-state index contributed by atoms with van der Waals surface area (Å²) in [7, 11) is 0. The summed E-state index contributed by atoms with van der Waals surface area (Å²) >= 11 is 6.03. The predicted molar refractivity (Wildman–Crippen MR) is 81.1 cm³/mol. The summed E-state index contributed by atoms with van der Waals surface area (Å²) in [5, 5.41) is 0.723. The molecule has 0 amide bonds. The molecule has 1 unspecified atom stereocenters. The van der Waals surface area contributed by atoms with Gasteiger partial charge in [0.15, 0.2) is 0 Å². The Kier molecular flexibility index (Phi) is 4.97. The van der Waals surface area contributed by atoms with E-state index in [0.29, 0.717) is 0 Å². The lowest BCUT2D eigenvalue weighted by molar-refractivity contribution is 0.636. The first-order valence-corrected chi connectivity index (χ1v) is 6.93. The number of halogens is 1. The van der Waals surface area contributed by atoms with Gasteiger partial charge in [0.2, 0.25) is 0 Å². The first kappa shape index (κ1) is 14.1. The Labute approximate surface area is 119 Å². The van der Waals surface area contributed by atoms with E-state index in [1.165, 1.54) is 5.56 Å². The van der Waals surface area contributed by atoms with E-state index >= 15 is 0 Å². The average Bonchev–Trinajstić information content (AvgIpc) is 2.42. The van der Waals surface area contributed by atoms with Gasteiger partial charge in [-0.2, -0.15) is 0 Å². The number of nitrogens with one attached hydrogen (secondary N) is 1. The normalized spacial score (nSPS) is 12.4. The maximum Gasteiger partial charge on any atom is 0.0710 e. The number of nitrogens with two attached hydrogens (primary N) is 1. The van der Waals surface area contributed by atoms with Gasteiger partial charge in [-0.15, -0.1) is 0 Å². The number of hydrogen-bond donors (Lipinski definition) is 2. The highest BCUT2D eigenvalue weighted by Gasteiger charge is 2.12. The zero-order valence-electron chi connectivity index (χ0n) is 11.1. The summed E-state index contributed by atoms with van der Waals surface area (Å²) in [5.41, 5.74) is 6.42. The van der Waals surface area contributed by atoms with Gasteiger partial charge in [0, 0.05) is 5.02 Å². The van der Waals surface area contributed by atoms with Crippen molar-refractivity contribution in [3.63, 3.8) is 0 Å². The van der Waals surface area contributed by atoms with Crippen LogP contribution in [0.4, 0.5) is 0 Å². The van der Waals surface area contributed by atoms with Crippen molar-refractivity contribution in [2.45, 2.75) is 25.8 Å². The molecule has 3 N–H and O–H groups in total. The van der Waals surface area contributed by atoms with E-state index in [1.807, 2.05) is 24.3 Å². The Bertz CT molecular complexity index is 523. The van der Waals surface area contributed by atoms with Crippen molar-refractivity contribution in [1.82, 2.24) is 5.43 Å². The zero-order valence-corrected chi connectivity index (χ0v) is 11.8. The lowest BCUT2D eigenvalue weighted by Gasteiger charge is -2.17. The van der Waals surface area contributed by atoms with Crippen molar-refractivity contribution in [3.05, 3.63) is 70.2 Å². The quantitative estimate of drug-likeness (QED) is 0.642.